The van der Waals surface area contributed by atoms with Gasteiger partial charge in [-0.05, 0) is 24.3 Å². The Balaban J connectivity index is 1.64. The number of nitrogens with zero attached hydrogens (tertiary/aromatic N) is 2. The second kappa shape index (κ2) is 9.21. The number of imide groups is 1. The fraction of sp³-hybridized carbons (Fsp3) is 0.375. The Morgan fingerprint density at radius 1 is 0.879 bits per heavy atom. The molecule has 3 amide bonds. The van der Waals surface area contributed by atoms with Gasteiger partial charge >= 0.3 is 0 Å². The van der Waals surface area contributed by atoms with Gasteiger partial charge in [-0.3, -0.25) is 19.3 Å². The Morgan fingerprint density at radius 2 is 1.52 bits per heavy atom. The molecule has 0 N–H and O–H groups in total. The number of methoxy groups -OCH3 is 4. The molecule has 2 heterocycles. The zero-order valence-electron chi connectivity index (χ0n) is 18.9. The van der Waals surface area contributed by atoms with E-state index in [1.807, 2.05) is 6.07 Å². The predicted octanol–water partition coefficient (Wildman–Crippen LogP) is 2.09. The maximum atomic E-state index is 13.3. The average Bonchev–Trinajstić information content (AvgIpc) is 3.09. The number of likely N-dealkylation sites (tertiary alicyclic amines) is 1. The molecule has 0 spiro atoms. The van der Waals surface area contributed by atoms with E-state index in [0.717, 1.165) is 10.5 Å². The summed E-state index contributed by atoms with van der Waals surface area (Å²) >= 11 is 0. The largest absolute Gasteiger partial charge is 0.497 e. The molecular weight excluding hydrogens is 428 g/mol. The van der Waals surface area contributed by atoms with Crippen LogP contribution in [0.1, 0.15) is 32.7 Å². The van der Waals surface area contributed by atoms with E-state index in [4.69, 9.17) is 18.9 Å². The molecule has 4 rings (SSSR count). The van der Waals surface area contributed by atoms with Crippen molar-refractivity contribution in [2.24, 2.45) is 0 Å². The molecule has 2 aromatic rings. The first-order valence-corrected chi connectivity index (χ1v) is 10.5. The van der Waals surface area contributed by atoms with Crippen LogP contribution in [0, 0.1) is 0 Å². The van der Waals surface area contributed by atoms with Gasteiger partial charge < -0.3 is 23.8 Å². The first-order valence-electron chi connectivity index (χ1n) is 10.5. The number of carbonyl (C=O) groups is 3. The van der Waals surface area contributed by atoms with Crippen LogP contribution in [0.25, 0.3) is 0 Å². The molecule has 174 valence electrons. The van der Waals surface area contributed by atoms with E-state index >= 15 is 0 Å². The lowest BCUT2D eigenvalue weighted by atomic mass is 9.89. The van der Waals surface area contributed by atoms with Crippen molar-refractivity contribution in [1.29, 1.82) is 0 Å². The number of ether oxygens (including phenoxy) is 4. The second-order valence-electron chi connectivity index (χ2n) is 7.82. The van der Waals surface area contributed by atoms with Crippen molar-refractivity contribution in [3.8, 4) is 11.5 Å². The molecule has 0 aliphatic carbocycles. The van der Waals surface area contributed by atoms with Gasteiger partial charge in [0.05, 0.1) is 31.4 Å². The van der Waals surface area contributed by atoms with E-state index in [9.17, 15) is 14.4 Å². The van der Waals surface area contributed by atoms with Crippen LogP contribution in [-0.2, 0) is 20.8 Å². The second-order valence-corrected chi connectivity index (χ2v) is 7.82. The molecule has 0 radical (unpaired) electrons. The predicted molar refractivity (Wildman–Crippen MR) is 117 cm³/mol. The highest BCUT2D eigenvalue weighted by atomic mass is 16.7. The highest BCUT2D eigenvalue weighted by molar-refractivity contribution is 6.23. The van der Waals surface area contributed by atoms with Crippen LogP contribution in [-0.4, -0.2) is 74.3 Å². The fourth-order valence-corrected chi connectivity index (χ4v) is 4.43. The molecule has 2 aliphatic heterocycles. The van der Waals surface area contributed by atoms with Gasteiger partial charge in [0.25, 0.3) is 11.8 Å². The molecule has 1 fully saturated rings. The summed E-state index contributed by atoms with van der Waals surface area (Å²) in [6.07, 6.45) is -0.323. The number of fused-ring (bicyclic) bond motifs is 1. The third kappa shape index (κ3) is 3.83. The molecule has 0 saturated carbocycles. The van der Waals surface area contributed by atoms with E-state index in [-0.39, 0.29) is 18.9 Å². The van der Waals surface area contributed by atoms with Crippen LogP contribution in [0.5, 0.6) is 11.5 Å². The lowest BCUT2D eigenvalue weighted by Crippen LogP contribution is -2.71. The maximum Gasteiger partial charge on any atom is 0.262 e. The summed E-state index contributed by atoms with van der Waals surface area (Å²) in [7, 11) is 6.11. The summed E-state index contributed by atoms with van der Waals surface area (Å²) in [6, 6.07) is 10.5. The zero-order chi connectivity index (χ0) is 23.7. The maximum absolute atomic E-state index is 13.3. The molecule has 0 bridgehead atoms. The molecule has 0 unspecified atom stereocenters. The van der Waals surface area contributed by atoms with Crippen molar-refractivity contribution in [3.63, 3.8) is 0 Å². The number of carbonyl (C=O) groups excluding carboxylic acids is 3. The van der Waals surface area contributed by atoms with Crippen molar-refractivity contribution in [3.05, 3.63) is 59.2 Å². The fourth-order valence-electron chi connectivity index (χ4n) is 4.43. The average molecular weight is 454 g/mol. The quantitative estimate of drug-likeness (QED) is 0.325. The molecular formula is C24H26N2O7. The van der Waals surface area contributed by atoms with Gasteiger partial charge in [0.15, 0.2) is 6.29 Å². The Kier molecular flexibility index (Phi) is 6.35. The van der Waals surface area contributed by atoms with E-state index in [1.54, 1.807) is 55.5 Å². The summed E-state index contributed by atoms with van der Waals surface area (Å²) in [4.78, 5) is 42.1. The normalized spacial score (nSPS) is 19.7. The Labute approximate surface area is 191 Å². The Morgan fingerprint density at radius 3 is 2.06 bits per heavy atom. The van der Waals surface area contributed by atoms with Gasteiger partial charge in [-0.25, -0.2) is 0 Å². The number of β-lactam (4-membered cyclic amide) rings is 1. The molecule has 9 nitrogen and oxygen atoms in total. The third-order valence-electron chi connectivity index (χ3n) is 6.20. The van der Waals surface area contributed by atoms with Crippen LogP contribution >= 0.6 is 0 Å². The van der Waals surface area contributed by atoms with Crippen LogP contribution in [0.2, 0.25) is 0 Å². The number of hydrogen-bond acceptors (Lipinski definition) is 7. The van der Waals surface area contributed by atoms with Crippen LogP contribution in [0.4, 0.5) is 0 Å². The number of amides is 3. The third-order valence-corrected chi connectivity index (χ3v) is 6.20. The van der Waals surface area contributed by atoms with Crippen molar-refractivity contribution in [2.75, 3.05) is 28.4 Å². The minimum atomic E-state index is -0.936. The Bertz CT molecular complexity index is 1050. The van der Waals surface area contributed by atoms with Gasteiger partial charge in [-0.1, -0.05) is 12.1 Å². The first-order chi connectivity index (χ1) is 15.9. The van der Waals surface area contributed by atoms with Gasteiger partial charge in [0, 0.05) is 38.8 Å². The summed E-state index contributed by atoms with van der Waals surface area (Å²) in [5.74, 6) is -0.0534. The zero-order valence-corrected chi connectivity index (χ0v) is 18.9. The van der Waals surface area contributed by atoms with Crippen molar-refractivity contribution in [1.82, 2.24) is 9.80 Å². The van der Waals surface area contributed by atoms with Crippen LogP contribution in [0.3, 0.4) is 0 Å². The van der Waals surface area contributed by atoms with E-state index in [2.05, 4.69) is 0 Å². The Hall–Kier alpha value is -3.43. The minimum Gasteiger partial charge on any atom is -0.497 e. The van der Waals surface area contributed by atoms with Gasteiger partial charge in [0.2, 0.25) is 5.91 Å². The highest BCUT2D eigenvalue weighted by Crippen LogP contribution is 2.37. The van der Waals surface area contributed by atoms with Crippen LogP contribution in [0.15, 0.2) is 42.5 Å². The monoisotopic (exact) mass is 454 g/mol. The topological polar surface area (TPSA) is 94.6 Å². The van der Waals surface area contributed by atoms with E-state index in [0.29, 0.717) is 22.6 Å². The van der Waals surface area contributed by atoms with E-state index < -0.39 is 30.2 Å². The molecule has 2 aliphatic rings. The summed E-state index contributed by atoms with van der Waals surface area (Å²) in [5.41, 5.74) is 1.38. The van der Waals surface area contributed by atoms with Crippen molar-refractivity contribution in [2.45, 2.75) is 31.3 Å². The highest BCUT2D eigenvalue weighted by Gasteiger charge is 2.56. The van der Waals surface area contributed by atoms with Gasteiger partial charge in [-0.2, -0.15) is 0 Å². The molecule has 2 aromatic carbocycles. The summed E-state index contributed by atoms with van der Waals surface area (Å²) in [6.45, 7) is 0.233. The van der Waals surface area contributed by atoms with Gasteiger partial charge in [0.1, 0.15) is 17.5 Å². The van der Waals surface area contributed by atoms with Crippen molar-refractivity contribution < 1.29 is 33.3 Å². The summed E-state index contributed by atoms with van der Waals surface area (Å²) < 4.78 is 21.4. The molecule has 1 saturated heterocycles. The standard InChI is InChI=1S/C24H26N2O7/c1-30-15-10-9-14(19(11-15)31-2)13-25-18(12-20(32-3)33-4)21(24(25)29)26-22(27)16-7-5-6-8-17(16)23(26)28/h5-11,18,20-21H,12-13H2,1-4H3/t18-,21+/m0/s1. The number of benzene rings is 2. The first kappa shape index (κ1) is 22.8. The molecule has 0 aromatic heterocycles. The SMILES string of the molecule is COc1ccc(CN2C(=O)[C@H](N3C(=O)c4ccccc4C3=O)[C@@H]2CC(OC)OC)c(OC)c1. The lowest BCUT2D eigenvalue weighted by Gasteiger charge is -2.50. The number of rotatable bonds is 9. The minimum absolute atomic E-state index is 0.233. The van der Waals surface area contributed by atoms with Crippen molar-refractivity contribution >= 4 is 17.7 Å². The molecule has 2 atom stereocenters. The number of hydrogen-bond donors (Lipinski definition) is 0. The lowest BCUT2D eigenvalue weighted by molar-refractivity contribution is -0.169. The smallest absolute Gasteiger partial charge is 0.262 e. The summed E-state index contributed by atoms with van der Waals surface area (Å²) in [5, 5.41) is 0. The molecule has 9 heteroatoms. The van der Waals surface area contributed by atoms with Gasteiger partial charge in [-0.15, -0.1) is 0 Å². The van der Waals surface area contributed by atoms with E-state index in [1.165, 1.54) is 14.2 Å². The molecule has 33 heavy (non-hydrogen) atoms. The van der Waals surface area contributed by atoms with Crippen LogP contribution < -0.4 is 9.47 Å².